The Morgan fingerprint density at radius 2 is 1.76 bits per heavy atom. The zero-order chi connectivity index (χ0) is 12.3. The summed E-state index contributed by atoms with van der Waals surface area (Å²) < 4.78 is 0. The molecule has 0 radical (unpaired) electrons. The second kappa shape index (κ2) is 5.32. The van der Waals surface area contributed by atoms with Crippen molar-refractivity contribution in [2.75, 3.05) is 0 Å². The number of rotatable bonds is 3. The number of carboxylic acids is 1. The van der Waals surface area contributed by atoms with E-state index in [0.717, 1.165) is 5.56 Å². The maximum atomic E-state index is 10.8. The van der Waals surface area contributed by atoms with Crippen LogP contribution in [-0.4, -0.2) is 11.1 Å². The van der Waals surface area contributed by atoms with Crippen LogP contribution in [-0.2, 0) is 0 Å². The molecule has 3 heteroatoms. The van der Waals surface area contributed by atoms with Gasteiger partial charge in [-0.15, -0.1) is 0 Å². The van der Waals surface area contributed by atoms with Crippen LogP contribution in [0.5, 0.6) is 0 Å². The Kier molecular flexibility index (Phi) is 3.79. The van der Waals surface area contributed by atoms with Crippen molar-refractivity contribution in [2.45, 2.75) is 38.1 Å². The Morgan fingerprint density at radius 3 is 2.29 bits per heavy atom. The second-order valence-electron chi connectivity index (χ2n) is 4.85. The molecule has 3 N–H and O–H groups in total. The monoisotopic (exact) mass is 233 g/mol. The van der Waals surface area contributed by atoms with Crippen molar-refractivity contribution in [3.63, 3.8) is 0 Å². The molecule has 3 nitrogen and oxygen atoms in total. The van der Waals surface area contributed by atoms with Crippen molar-refractivity contribution in [1.29, 1.82) is 0 Å². The second-order valence-corrected chi connectivity index (χ2v) is 4.85. The SMILES string of the molecule is N[C@@H](c1ccc(C(=O)O)cc1)C1CCCCC1. The van der Waals surface area contributed by atoms with Crippen LogP contribution in [0.3, 0.4) is 0 Å². The summed E-state index contributed by atoms with van der Waals surface area (Å²) in [6.45, 7) is 0. The number of benzene rings is 1. The van der Waals surface area contributed by atoms with Gasteiger partial charge in [-0.3, -0.25) is 0 Å². The lowest BCUT2D eigenvalue weighted by molar-refractivity contribution is 0.0697. The summed E-state index contributed by atoms with van der Waals surface area (Å²) in [7, 11) is 0. The van der Waals surface area contributed by atoms with Crippen molar-refractivity contribution in [2.24, 2.45) is 11.7 Å². The van der Waals surface area contributed by atoms with Crippen molar-refractivity contribution < 1.29 is 9.90 Å². The maximum absolute atomic E-state index is 10.8. The predicted molar refractivity (Wildman–Crippen MR) is 66.9 cm³/mol. The largest absolute Gasteiger partial charge is 0.478 e. The first-order valence-electron chi connectivity index (χ1n) is 6.27. The summed E-state index contributed by atoms with van der Waals surface area (Å²) in [6, 6.07) is 7.03. The van der Waals surface area contributed by atoms with E-state index in [0.29, 0.717) is 11.5 Å². The van der Waals surface area contributed by atoms with Gasteiger partial charge >= 0.3 is 5.97 Å². The molecule has 0 unspecified atom stereocenters. The summed E-state index contributed by atoms with van der Waals surface area (Å²) in [6.07, 6.45) is 6.25. The average molecular weight is 233 g/mol. The van der Waals surface area contributed by atoms with Crippen molar-refractivity contribution in [3.05, 3.63) is 35.4 Å². The summed E-state index contributed by atoms with van der Waals surface area (Å²) in [4.78, 5) is 10.8. The van der Waals surface area contributed by atoms with Gasteiger partial charge in [0.25, 0.3) is 0 Å². The Morgan fingerprint density at radius 1 is 1.18 bits per heavy atom. The lowest BCUT2D eigenvalue weighted by Gasteiger charge is -2.27. The lowest BCUT2D eigenvalue weighted by Crippen LogP contribution is -2.23. The fourth-order valence-corrected chi connectivity index (χ4v) is 2.61. The van der Waals surface area contributed by atoms with Crippen LogP contribution in [0.15, 0.2) is 24.3 Å². The fourth-order valence-electron chi connectivity index (χ4n) is 2.61. The Labute approximate surface area is 102 Å². The van der Waals surface area contributed by atoms with Crippen LogP contribution in [0.1, 0.15) is 54.1 Å². The standard InChI is InChI=1S/C14H19NO2/c15-13(10-4-2-1-3-5-10)11-6-8-12(9-7-11)14(16)17/h6-10,13H,1-5,15H2,(H,16,17)/t13-/m1/s1. The molecule has 0 saturated heterocycles. The van der Waals surface area contributed by atoms with E-state index in [9.17, 15) is 4.79 Å². The van der Waals surface area contributed by atoms with Gasteiger partial charge in [-0.2, -0.15) is 0 Å². The Hall–Kier alpha value is -1.35. The smallest absolute Gasteiger partial charge is 0.335 e. The van der Waals surface area contributed by atoms with Gasteiger partial charge in [0.15, 0.2) is 0 Å². The van der Waals surface area contributed by atoms with E-state index in [4.69, 9.17) is 10.8 Å². The third-order valence-electron chi connectivity index (χ3n) is 3.70. The zero-order valence-corrected chi connectivity index (χ0v) is 9.93. The van der Waals surface area contributed by atoms with Gasteiger partial charge < -0.3 is 10.8 Å². The molecule has 1 atom stereocenters. The van der Waals surface area contributed by atoms with Crippen molar-refractivity contribution in [3.8, 4) is 0 Å². The first kappa shape index (κ1) is 12.1. The molecule has 0 aromatic heterocycles. The van der Waals surface area contributed by atoms with Gasteiger partial charge in [-0.05, 0) is 36.5 Å². The van der Waals surface area contributed by atoms with E-state index in [1.807, 2.05) is 12.1 Å². The molecule has 0 aliphatic heterocycles. The molecule has 0 amide bonds. The molecule has 0 bridgehead atoms. The predicted octanol–water partition coefficient (Wildman–Crippen LogP) is 2.96. The van der Waals surface area contributed by atoms with E-state index in [2.05, 4.69) is 0 Å². The van der Waals surface area contributed by atoms with Crippen LogP contribution >= 0.6 is 0 Å². The van der Waals surface area contributed by atoms with Crippen LogP contribution in [0.4, 0.5) is 0 Å². The van der Waals surface area contributed by atoms with Gasteiger partial charge in [0.05, 0.1) is 5.56 Å². The molecule has 0 heterocycles. The molecule has 17 heavy (non-hydrogen) atoms. The molecule has 1 aliphatic carbocycles. The van der Waals surface area contributed by atoms with Gasteiger partial charge in [-0.25, -0.2) is 4.79 Å². The molecule has 2 rings (SSSR count). The molecule has 1 aromatic carbocycles. The molecule has 92 valence electrons. The molecule has 0 spiro atoms. The lowest BCUT2D eigenvalue weighted by atomic mass is 9.81. The Balaban J connectivity index is 2.07. The van der Waals surface area contributed by atoms with Gasteiger partial charge in [0.1, 0.15) is 0 Å². The summed E-state index contributed by atoms with van der Waals surface area (Å²) in [5.41, 5.74) is 7.63. The minimum atomic E-state index is -0.886. The normalized spacial score (nSPS) is 18.9. The van der Waals surface area contributed by atoms with Crippen molar-refractivity contribution >= 4 is 5.97 Å². The number of carboxylic acid groups (broad SMARTS) is 1. The van der Waals surface area contributed by atoms with Gasteiger partial charge in [-0.1, -0.05) is 31.4 Å². The third-order valence-corrected chi connectivity index (χ3v) is 3.70. The highest BCUT2D eigenvalue weighted by Crippen LogP contribution is 2.32. The fraction of sp³-hybridized carbons (Fsp3) is 0.500. The van der Waals surface area contributed by atoms with Crippen LogP contribution in [0.25, 0.3) is 0 Å². The summed E-state index contributed by atoms with van der Waals surface area (Å²) in [5.74, 6) is -0.331. The molecule has 1 fully saturated rings. The van der Waals surface area contributed by atoms with Crippen LogP contribution < -0.4 is 5.73 Å². The van der Waals surface area contributed by atoms with E-state index >= 15 is 0 Å². The third kappa shape index (κ3) is 2.86. The number of hydrogen-bond donors (Lipinski definition) is 2. The highest BCUT2D eigenvalue weighted by atomic mass is 16.4. The summed E-state index contributed by atoms with van der Waals surface area (Å²) >= 11 is 0. The molecule has 1 aliphatic rings. The van der Waals surface area contributed by atoms with Crippen molar-refractivity contribution in [1.82, 2.24) is 0 Å². The highest BCUT2D eigenvalue weighted by Gasteiger charge is 2.21. The Bertz CT molecular complexity index is 380. The molecule has 1 saturated carbocycles. The number of aromatic carboxylic acids is 1. The topological polar surface area (TPSA) is 63.3 Å². The minimum absolute atomic E-state index is 0.0538. The number of carbonyl (C=O) groups is 1. The quantitative estimate of drug-likeness (QED) is 0.843. The van der Waals surface area contributed by atoms with Gasteiger partial charge in [0, 0.05) is 6.04 Å². The van der Waals surface area contributed by atoms with Crippen LogP contribution in [0.2, 0.25) is 0 Å². The highest BCUT2D eigenvalue weighted by molar-refractivity contribution is 5.87. The molecular formula is C14H19NO2. The van der Waals surface area contributed by atoms with E-state index in [1.165, 1.54) is 32.1 Å². The van der Waals surface area contributed by atoms with Gasteiger partial charge in [0.2, 0.25) is 0 Å². The van der Waals surface area contributed by atoms with E-state index < -0.39 is 5.97 Å². The first-order chi connectivity index (χ1) is 8.18. The van der Waals surface area contributed by atoms with E-state index in [1.54, 1.807) is 12.1 Å². The minimum Gasteiger partial charge on any atom is -0.478 e. The zero-order valence-electron chi connectivity index (χ0n) is 9.93. The average Bonchev–Trinajstić information content (AvgIpc) is 2.39. The van der Waals surface area contributed by atoms with E-state index in [-0.39, 0.29) is 6.04 Å². The maximum Gasteiger partial charge on any atom is 0.335 e. The number of hydrogen-bond acceptors (Lipinski definition) is 2. The first-order valence-corrected chi connectivity index (χ1v) is 6.27. The molecular weight excluding hydrogens is 214 g/mol. The summed E-state index contributed by atoms with van der Waals surface area (Å²) in [5, 5.41) is 8.83. The number of nitrogens with two attached hydrogens (primary N) is 1. The van der Waals surface area contributed by atoms with Crippen LogP contribution in [0, 0.1) is 5.92 Å². The molecule has 1 aromatic rings.